The number of hydrogen-bond acceptors (Lipinski definition) is 5. The number of ether oxygens (including phenoxy) is 1. The lowest BCUT2D eigenvalue weighted by atomic mass is 9.62. The van der Waals surface area contributed by atoms with Gasteiger partial charge in [-0.05, 0) is 56.2 Å². The predicted molar refractivity (Wildman–Crippen MR) is 185 cm³/mol. The summed E-state index contributed by atoms with van der Waals surface area (Å²) < 4.78 is 7.02. The molecule has 3 saturated heterocycles. The van der Waals surface area contributed by atoms with E-state index < -0.39 is 29.1 Å². The summed E-state index contributed by atoms with van der Waals surface area (Å²) in [5, 5.41) is 9.72. The third kappa shape index (κ3) is 6.16. The molecule has 1 N–H and O–H groups in total. The number of hydrogen-bond donors (Lipinski definition) is 1. The molecule has 3 aliphatic heterocycles. The highest BCUT2D eigenvalue weighted by Crippen LogP contribution is 2.65. The van der Waals surface area contributed by atoms with Gasteiger partial charge in [0, 0.05) is 32.8 Å². The quantitative estimate of drug-likeness (QED) is 0.188. The Morgan fingerprint density at radius 1 is 1.04 bits per heavy atom. The molecule has 2 bridgehead atoms. The van der Waals surface area contributed by atoms with E-state index in [1.807, 2.05) is 56.3 Å². The van der Waals surface area contributed by atoms with Gasteiger partial charge in [-0.15, -0.1) is 13.2 Å². The molecule has 2 aromatic carbocycles. The minimum atomic E-state index is -1.19. The molecule has 5 rings (SSSR count). The van der Waals surface area contributed by atoms with Gasteiger partial charge in [-0.25, -0.2) is 0 Å². The Balaban J connectivity index is 1.58. The number of likely N-dealkylation sites (tertiary alicyclic amines) is 1. The third-order valence-electron chi connectivity index (χ3n) is 10.5. The molecule has 2 aromatic rings. The van der Waals surface area contributed by atoms with E-state index in [1.54, 1.807) is 32.9 Å². The largest absolute Gasteiger partial charge is 0.396 e. The number of amides is 3. The van der Waals surface area contributed by atoms with Crippen LogP contribution in [0.2, 0.25) is 5.02 Å². The first kappa shape index (κ1) is 34.9. The summed E-state index contributed by atoms with van der Waals surface area (Å²) in [5.41, 5.74) is 0.254. The van der Waals surface area contributed by atoms with Crippen molar-refractivity contribution in [3.05, 3.63) is 90.0 Å². The van der Waals surface area contributed by atoms with E-state index in [2.05, 4.69) is 20.1 Å². The lowest BCUT2D eigenvalue weighted by Gasteiger charge is -2.39. The molecule has 3 heterocycles. The van der Waals surface area contributed by atoms with Crippen LogP contribution < -0.4 is 4.90 Å². The number of para-hydroxylation sites is 1. The summed E-state index contributed by atoms with van der Waals surface area (Å²) in [4.78, 5) is 49.5. The molecule has 0 aliphatic carbocycles. The van der Waals surface area contributed by atoms with Crippen molar-refractivity contribution in [2.24, 2.45) is 17.8 Å². The molecule has 9 heteroatoms. The summed E-state index contributed by atoms with van der Waals surface area (Å²) in [6.45, 7) is 15.1. The summed E-state index contributed by atoms with van der Waals surface area (Å²) in [5.74, 6) is -2.34. The number of aliphatic hydroxyl groups excluding tert-OH is 1. The van der Waals surface area contributed by atoms with Gasteiger partial charge in [0.05, 0.1) is 28.1 Å². The Morgan fingerprint density at radius 3 is 2.40 bits per heavy atom. The van der Waals surface area contributed by atoms with Crippen molar-refractivity contribution in [3.63, 3.8) is 0 Å². The smallest absolute Gasteiger partial charge is 0.253 e. The van der Waals surface area contributed by atoms with Crippen molar-refractivity contribution in [2.45, 2.75) is 76.7 Å². The number of carbonyl (C=O) groups excluding carboxylic acids is 3. The fraction of sp³-hybridized carbons (Fsp3) is 0.500. The number of rotatable bonds is 15. The first-order valence-electron chi connectivity index (χ1n) is 16.8. The molecule has 6 atom stereocenters. The Hall–Kier alpha value is -3.46. The van der Waals surface area contributed by atoms with Crippen LogP contribution >= 0.6 is 11.6 Å². The molecule has 1 spiro atoms. The maximum atomic E-state index is 15.0. The zero-order valence-corrected chi connectivity index (χ0v) is 28.6. The molecule has 8 nitrogen and oxygen atoms in total. The van der Waals surface area contributed by atoms with Crippen LogP contribution in [0.4, 0.5) is 5.69 Å². The number of fused-ring (bicyclic) bond motifs is 1. The Bertz CT molecular complexity index is 1480. The highest BCUT2D eigenvalue weighted by atomic mass is 35.5. The van der Waals surface area contributed by atoms with Crippen LogP contribution in [0.5, 0.6) is 0 Å². The van der Waals surface area contributed by atoms with Crippen LogP contribution in [0.1, 0.15) is 57.1 Å². The third-order valence-corrected chi connectivity index (χ3v) is 10.8. The average molecular weight is 662 g/mol. The van der Waals surface area contributed by atoms with Gasteiger partial charge in [0.2, 0.25) is 11.8 Å². The normalized spacial score (nSPS) is 27.5. The van der Waals surface area contributed by atoms with E-state index in [4.69, 9.17) is 16.3 Å². The molecular weight excluding hydrogens is 614 g/mol. The second-order valence-corrected chi connectivity index (χ2v) is 13.9. The van der Waals surface area contributed by atoms with Gasteiger partial charge < -0.3 is 24.5 Å². The van der Waals surface area contributed by atoms with E-state index in [9.17, 15) is 14.7 Å². The van der Waals surface area contributed by atoms with Gasteiger partial charge in [0.15, 0.2) is 0 Å². The Labute approximate surface area is 284 Å². The first-order chi connectivity index (χ1) is 22.5. The van der Waals surface area contributed by atoms with Crippen LogP contribution in [0, 0.1) is 24.7 Å². The van der Waals surface area contributed by atoms with Gasteiger partial charge >= 0.3 is 0 Å². The minimum Gasteiger partial charge on any atom is -0.396 e. The van der Waals surface area contributed by atoms with Crippen LogP contribution in [-0.2, 0) is 25.7 Å². The topological polar surface area (TPSA) is 90.4 Å². The number of anilines is 1. The second kappa shape index (κ2) is 14.3. The van der Waals surface area contributed by atoms with Crippen LogP contribution in [-0.4, -0.2) is 76.1 Å². The zero-order valence-electron chi connectivity index (χ0n) is 27.9. The van der Waals surface area contributed by atoms with Gasteiger partial charge in [0.1, 0.15) is 11.6 Å². The fourth-order valence-electron chi connectivity index (χ4n) is 8.30. The highest BCUT2D eigenvalue weighted by molar-refractivity contribution is 6.34. The SMILES string of the molecule is C=CCN(Cc1ccccc1)C(=O)[C@@H]1[C@H]2C(=O)N(CCCCCCO)C(C(=O)N(CC=C)c3c(C)cccc3Cl)C23CC(C)[C@@]1(C)O3. The van der Waals surface area contributed by atoms with Crippen LogP contribution in [0.25, 0.3) is 0 Å². The fourth-order valence-corrected chi connectivity index (χ4v) is 8.63. The number of aryl methyl sites for hydroxylation is 1. The lowest BCUT2D eigenvalue weighted by molar-refractivity contribution is -0.151. The first-order valence-corrected chi connectivity index (χ1v) is 17.2. The molecule has 0 radical (unpaired) electrons. The minimum absolute atomic E-state index is 0.0856. The van der Waals surface area contributed by atoms with Crippen molar-refractivity contribution in [1.29, 1.82) is 0 Å². The van der Waals surface area contributed by atoms with Crippen molar-refractivity contribution >= 4 is 35.0 Å². The van der Waals surface area contributed by atoms with E-state index >= 15 is 4.79 Å². The molecule has 47 heavy (non-hydrogen) atoms. The molecule has 0 saturated carbocycles. The molecule has 3 fully saturated rings. The summed E-state index contributed by atoms with van der Waals surface area (Å²) >= 11 is 6.72. The van der Waals surface area contributed by atoms with E-state index in [0.29, 0.717) is 49.6 Å². The van der Waals surface area contributed by atoms with Gasteiger partial charge in [0.25, 0.3) is 5.91 Å². The number of benzene rings is 2. The summed E-state index contributed by atoms with van der Waals surface area (Å²) in [7, 11) is 0. The van der Waals surface area contributed by atoms with Crippen molar-refractivity contribution in [2.75, 3.05) is 31.1 Å². The molecule has 3 amide bonds. The molecule has 252 valence electrons. The summed E-state index contributed by atoms with van der Waals surface area (Å²) in [6.07, 6.45) is 6.79. The van der Waals surface area contributed by atoms with Gasteiger partial charge in [-0.2, -0.15) is 0 Å². The van der Waals surface area contributed by atoms with Gasteiger partial charge in [-0.1, -0.05) is 86.0 Å². The monoisotopic (exact) mass is 661 g/mol. The Kier molecular flexibility index (Phi) is 10.6. The number of halogens is 1. The lowest BCUT2D eigenvalue weighted by Crippen LogP contribution is -2.57. The maximum Gasteiger partial charge on any atom is 0.253 e. The number of unbranched alkanes of at least 4 members (excludes halogenated alkanes) is 3. The van der Waals surface area contributed by atoms with Crippen molar-refractivity contribution in [1.82, 2.24) is 9.80 Å². The van der Waals surface area contributed by atoms with E-state index in [1.165, 1.54) is 0 Å². The predicted octanol–water partition coefficient (Wildman–Crippen LogP) is 5.95. The molecule has 0 aromatic heterocycles. The van der Waals surface area contributed by atoms with Crippen LogP contribution in [0.3, 0.4) is 0 Å². The second-order valence-electron chi connectivity index (χ2n) is 13.5. The zero-order chi connectivity index (χ0) is 33.9. The maximum absolute atomic E-state index is 15.0. The molecular formula is C38H48ClN3O5. The number of aliphatic hydroxyl groups is 1. The number of carbonyl (C=O) groups is 3. The van der Waals surface area contributed by atoms with E-state index in [0.717, 1.165) is 24.0 Å². The summed E-state index contributed by atoms with van der Waals surface area (Å²) in [6, 6.07) is 14.3. The molecule has 3 aliphatic rings. The molecule has 3 unspecified atom stereocenters. The van der Waals surface area contributed by atoms with Crippen molar-refractivity contribution < 1.29 is 24.2 Å². The standard InChI is InChI=1S/C38H48ClN3O5/c1-6-20-40(25-28-17-11-10-12-18-28)34(44)30-31-35(45)42(22-13-8-9-14-23-43)33(38(31)24-27(4)37(30,5)47-38)36(46)41(21-7-2)32-26(3)16-15-19-29(32)39/h6-7,10-12,15-19,27,30-31,33,43H,1-2,8-9,13-14,20-25H2,3-5H3/t27?,30-,31-,33?,37+,38?/m0/s1. The highest BCUT2D eigenvalue weighted by Gasteiger charge is 2.80. The van der Waals surface area contributed by atoms with Gasteiger partial charge in [-0.3, -0.25) is 14.4 Å². The van der Waals surface area contributed by atoms with Crippen molar-refractivity contribution in [3.8, 4) is 0 Å². The Morgan fingerprint density at radius 2 is 1.74 bits per heavy atom. The van der Waals surface area contributed by atoms with Crippen LogP contribution in [0.15, 0.2) is 73.8 Å². The number of nitrogens with zero attached hydrogens (tertiary/aromatic N) is 3. The average Bonchev–Trinajstić information content (AvgIpc) is 3.56. The van der Waals surface area contributed by atoms with E-state index in [-0.39, 0.29) is 36.8 Å².